The maximum Gasteiger partial charge on any atom is 0.328 e. The van der Waals surface area contributed by atoms with E-state index in [9.17, 15) is 4.79 Å². The highest BCUT2D eigenvalue weighted by Crippen LogP contribution is 2.28. The van der Waals surface area contributed by atoms with Crippen LogP contribution in [-0.4, -0.2) is 11.1 Å². The number of ether oxygens (including phenoxy) is 1. The lowest BCUT2D eigenvalue weighted by atomic mass is 10.2. The molecule has 0 aromatic heterocycles. The van der Waals surface area contributed by atoms with Crippen molar-refractivity contribution in [3.8, 4) is 5.75 Å². The van der Waals surface area contributed by atoms with Gasteiger partial charge in [0.2, 0.25) is 0 Å². The fourth-order valence-electron chi connectivity index (χ4n) is 1.70. The van der Waals surface area contributed by atoms with E-state index in [0.717, 1.165) is 21.7 Å². The molecule has 0 fully saturated rings. The predicted molar refractivity (Wildman–Crippen MR) is 91.6 cm³/mol. The van der Waals surface area contributed by atoms with E-state index in [1.807, 2.05) is 6.07 Å². The molecule has 6 heteroatoms. The third kappa shape index (κ3) is 4.77. The van der Waals surface area contributed by atoms with Gasteiger partial charge in [-0.15, -0.1) is 0 Å². The Hall–Kier alpha value is -1.49. The van der Waals surface area contributed by atoms with Crippen LogP contribution in [-0.2, 0) is 11.4 Å². The number of halogens is 3. The van der Waals surface area contributed by atoms with E-state index in [1.54, 1.807) is 30.3 Å². The van der Waals surface area contributed by atoms with Gasteiger partial charge in [-0.2, -0.15) is 0 Å². The zero-order valence-corrected chi connectivity index (χ0v) is 14.3. The summed E-state index contributed by atoms with van der Waals surface area (Å²) in [6.07, 6.45) is 2.59. The van der Waals surface area contributed by atoms with Crippen LogP contribution in [0.4, 0.5) is 0 Å². The summed E-state index contributed by atoms with van der Waals surface area (Å²) < 4.78 is 6.44. The van der Waals surface area contributed by atoms with Crippen LogP contribution in [0.2, 0.25) is 10.0 Å². The first-order valence-electron chi connectivity index (χ1n) is 6.23. The minimum absolute atomic E-state index is 0.304. The highest BCUT2D eigenvalue weighted by molar-refractivity contribution is 9.10. The fourth-order valence-corrected chi connectivity index (χ4v) is 2.67. The van der Waals surface area contributed by atoms with Gasteiger partial charge < -0.3 is 9.84 Å². The van der Waals surface area contributed by atoms with Gasteiger partial charge in [0.1, 0.15) is 12.4 Å². The molecule has 114 valence electrons. The number of rotatable bonds is 5. The van der Waals surface area contributed by atoms with Gasteiger partial charge in [0.05, 0.1) is 4.47 Å². The number of carbonyl (C=O) groups is 1. The molecule has 0 aliphatic carbocycles. The van der Waals surface area contributed by atoms with E-state index >= 15 is 0 Å². The van der Waals surface area contributed by atoms with Crippen molar-refractivity contribution < 1.29 is 14.6 Å². The summed E-state index contributed by atoms with van der Waals surface area (Å²) in [6, 6.07) is 10.5. The second-order valence-corrected chi connectivity index (χ2v) is 6.08. The Bertz CT molecular complexity index is 729. The lowest BCUT2D eigenvalue weighted by molar-refractivity contribution is -0.131. The molecule has 0 spiro atoms. The predicted octanol–water partition coefficient (Wildman–Crippen LogP) is 5.43. The van der Waals surface area contributed by atoms with E-state index in [-0.39, 0.29) is 0 Å². The van der Waals surface area contributed by atoms with Gasteiger partial charge in [0.25, 0.3) is 0 Å². The third-order valence-corrected chi connectivity index (χ3v) is 3.98. The molecule has 0 heterocycles. The Kier molecular flexibility index (Phi) is 5.89. The summed E-state index contributed by atoms with van der Waals surface area (Å²) in [4.78, 5) is 10.5. The van der Waals surface area contributed by atoms with Gasteiger partial charge in [-0.3, -0.25) is 0 Å². The molecule has 0 aliphatic rings. The molecule has 0 amide bonds. The monoisotopic (exact) mass is 400 g/mol. The van der Waals surface area contributed by atoms with Gasteiger partial charge in [-0.1, -0.05) is 35.3 Å². The summed E-state index contributed by atoms with van der Waals surface area (Å²) in [5.74, 6) is -0.354. The van der Waals surface area contributed by atoms with Crippen molar-refractivity contribution >= 4 is 51.2 Å². The molecule has 0 unspecified atom stereocenters. The van der Waals surface area contributed by atoms with Gasteiger partial charge in [-0.25, -0.2) is 4.79 Å². The quantitative estimate of drug-likeness (QED) is 0.679. The van der Waals surface area contributed by atoms with Crippen LogP contribution < -0.4 is 4.74 Å². The molecule has 0 saturated carbocycles. The molecule has 22 heavy (non-hydrogen) atoms. The number of carboxylic acids is 1. The first kappa shape index (κ1) is 16.9. The van der Waals surface area contributed by atoms with Crippen LogP contribution in [0.1, 0.15) is 11.1 Å². The molecule has 1 N–H and O–H groups in total. The number of benzene rings is 2. The molecule has 2 rings (SSSR count). The largest absolute Gasteiger partial charge is 0.488 e. The van der Waals surface area contributed by atoms with E-state index in [0.29, 0.717) is 22.4 Å². The van der Waals surface area contributed by atoms with Crippen LogP contribution in [0.15, 0.2) is 46.9 Å². The maximum atomic E-state index is 10.5. The van der Waals surface area contributed by atoms with Crippen LogP contribution in [0, 0.1) is 0 Å². The molecule has 2 aromatic rings. The van der Waals surface area contributed by atoms with Crippen molar-refractivity contribution in [2.75, 3.05) is 0 Å². The van der Waals surface area contributed by atoms with Crippen LogP contribution in [0.3, 0.4) is 0 Å². The lowest BCUT2D eigenvalue weighted by Gasteiger charge is -2.10. The maximum absolute atomic E-state index is 10.5. The fraction of sp³-hybridized carbons (Fsp3) is 0.0625. The average molecular weight is 402 g/mol. The molecular formula is C16H11BrCl2O3. The highest BCUT2D eigenvalue weighted by Gasteiger charge is 2.05. The van der Waals surface area contributed by atoms with Crippen molar-refractivity contribution in [3.05, 3.63) is 68.1 Å². The highest BCUT2D eigenvalue weighted by atomic mass is 79.9. The van der Waals surface area contributed by atoms with Gasteiger partial charge in [0.15, 0.2) is 0 Å². The summed E-state index contributed by atoms with van der Waals surface area (Å²) in [5.41, 5.74) is 1.58. The van der Waals surface area contributed by atoms with Crippen molar-refractivity contribution in [2.45, 2.75) is 6.61 Å². The minimum atomic E-state index is -0.992. The van der Waals surface area contributed by atoms with Crippen LogP contribution in [0.25, 0.3) is 6.08 Å². The second kappa shape index (κ2) is 7.68. The number of hydrogen-bond donors (Lipinski definition) is 1. The standard InChI is InChI=1S/C16H11BrCl2O3/c17-13-7-10(2-6-16(20)21)1-5-15(13)22-9-11-3-4-12(18)8-14(11)19/h1-8H,9H2,(H,20,21)/b6-2+. The molecule has 0 atom stereocenters. The van der Waals surface area contributed by atoms with Gasteiger partial charge >= 0.3 is 5.97 Å². The Balaban J connectivity index is 2.08. The molecule has 0 radical (unpaired) electrons. The lowest BCUT2D eigenvalue weighted by Crippen LogP contribution is -1.97. The average Bonchev–Trinajstić information content (AvgIpc) is 2.45. The smallest absolute Gasteiger partial charge is 0.328 e. The second-order valence-electron chi connectivity index (χ2n) is 4.39. The first-order valence-corrected chi connectivity index (χ1v) is 7.78. The van der Waals surface area contributed by atoms with Crippen molar-refractivity contribution in [3.63, 3.8) is 0 Å². The molecule has 0 bridgehead atoms. The molecule has 3 nitrogen and oxygen atoms in total. The topological polar surface area (TPSA) is 46.5 Å². The number of carboxylic acid groups (broad SMARTS) is 1. The summed E-state index contributed by atoms with van der Waals surface area (Å²) in [5, 5.41) is 9.73. The number of hydrogen-bond acceptors (Lipinski definition) is 2. The zero-order valence-electron chi connectivity index (χ0n) is 11.2. The third-order valence-electron chi connectivity index (χ3n) is 2.77. The summed E-state index contributed by atoms with van der Waals surface area (Å²) >= 11 is 15.3. The van der Waals surface area contributed by atoms with Gasteiger partial charge in [-0.05, 0) is 51.8 Å². The van der Waals surface area contributed by atoms with Gasteiger partial charge in [0, 0.05) is 21.7 Å². The number of aliphatic carboxylic acids is 1. The molecule has 2 aromatic carbocycles. The molecular weight excluding hydrogens is 391 g/mol. The van der Waals surface area contributed by atoms with Crippen molar-refractivity contribution in [1.29, 1.82) is 0 Å². The molecule has 0 aliphatic heterocycles. The molecule has 0 saturated heterocycles. The Labute approximate surface area is 146 Å². The zero-order chi connectivity index (χ0) is 16.1. The van der Waals surface area contributed by atoms with E-state index in [1.165, 1.54) is 6.08 Å². The summed E-state index contributed by atoms with van der Waals surface area (Å²) in [7, 11) is 0. The Morgan fingerprint density at radius 1 is 1.23 bits per heavy atom. The normalized spacial score (nSPS) is 10.9. The van der Waals surface area contributed by atoms with E-state index in [4.69, 9.17) is 33.0 Å². The van der Waals surface area contributed by atoms with E-state index < -0.39 is 5.97 Å². The minimum Gasteiger partial charge on any atom is -0.488 e. The van der Waals surface area contributed by atoms with Crippen LogP contribution >= 0.6 is 39.1 Å². The van der Waals surface area contributed by atoms with Crippen LogP contribution in [0.5, 0.6) is 5.75 Å². The van der Waals surface area contributed by atoms with Crippen molar-refractivity contribution in [2.24, 2.45) is 0 Å². The SMILES string of the molecule is O=C(O)/C=C/c1ccc(OCc2ccc(Cl)cc2Cl)c(Br)c1. The first-order chi connectivity index (χ1) is 10.5. The Morgan fingerprint density at radius 2 is 2.00 bits per heavy atom. The Morgan fingerprint density at radius 3 is 2.64 bits per heavy atom. The van der Waals surface area contributed by atoms with Crippen molar-refractivity contribution in [1.82, 2.24) is 0 Å². The van der Waals surface area contributed by atoms with E-state index in [2.05, 4.69) is 15.9 Å². The summed E-state index contributed by atoms with van der Waals surface area (Å²) in [6.45, 7) is 0.304.